The molecule has 1 N–H and O–H groups in total. The van der Waals surface area contributed by atoms with Crippen molar-refractivity contribution in [2.24, 2.45) is 0 Å². The van der Waals surface area contributed by atoms with Gasteiger partial charge in [0.2, 0.25) is 0 Å². The molecule has 1 aromatic heterocycles. The molecule has 68 valence electrons. The van der Waals surface area contributed by atoms with Crippen LogP contribution < -0.4 is 0 Å². The Morgan fingerprint density at radius 3 is 3.00 bits per heavy atom. The minimum absolute atomic E-state index is 0.258. The number of phenols is 1. The molecule has 0 saturated heterocycles. The number of aromatic hydroxyl groups is 1. The highest BCUT2D eigenvalue weighted by Gasteiger charge is 2.08. The third kappa shape index (κ3) is 0.914. The molecule has 0 unspecified atom stereocenters. The molecule has 0 radical (unpaired) electrons. The summed E-state index contributed by atoms with van der Waals surface area (Å²) in [5.74, 6) is 0.258. The SMILES string of the molecule is Oc1cc2ccccc2c2nnsc12. The number of hydrogen-bond donors (Lipinski definition) is 1. The van der Waals surface area contributed by atoms with E-state index in [1.807, 2.05) is 24.3 Å². The predicted octanol–water partition coefficient (Wildman–Crippen LogP) is 2.55. The summed E-state index contributed by atoms with van der Waals surface area (Å²) in [6.45, 7) is 0. The van der Waals surface area contributed by atoms with Crippen LogP contribution in [0.15, 0.2) is 30.3 Å². The van der Waals surface area contributed by atoms with E-state index in [4.69, 9.17) is 0 Å². The van der Waals surface area contributed by atoms with Crippen LogP contribution in [0.5, 0.6) is 5.75 Å². The van der Waals surface area contributed by atoms with Gasteiger partial charge in [-0.25, -0.2) is 0 Å². The van der Waals surface area contributed by atoms with Crippen LogP contribution in [-0.2, 0) is 0 Å². The number of aromatic nitrogens is 2. The van der Waals surface area contributed by atoms with Gasteiger partial charge in [-0.2, -0.15) is 0 Å². The quantitative estimate of drug-likeness (QED) is 0.609. The average Bonchev–Trinajstić information content (AvgIpc) is 2.67. The van der Waals surface area contributed by atoms with Gasteiger partial charge in [0.25, 0.3) is 0 Å². The van der Waals surface area contributed by atoms with Gasteiger partial charge >= 0.3 is 0 Å². The fourth-order valence-corrected chi connectivity index (χ4v) is 2.18. The Balaban J connectivity index is 2.66. The summed E-state index contributed by atoms with van der Waals surface area (Å²) in [5, 5.41) is 15.7. The van der Waals surface area contributed by atoms with Crippen molar-refractivity contribution in [1.29, 1.82) is 0 Å². The standard InChI is InChI=1S/C10H6N2OS/c13-8-5-6-3-1-2-4-7(6)9-10(8)14-12-11-9/h1-5,13H. The molecule has 0 aliphatic rings. The van der Waals surface area contributed by atoms with Crippen molar-refractivity contribution < 1.29 is 5.11 Å². The Morgan fingerprint density at radius 2 is 2.07 bits per heavy atom. The van der Waals surface area contributed by atoms with Crippen LogP contribution in [0.4, 0.5) is 0 Å². The van der Waals surface area contributed by atoms with E-state index in [2.05, 4.69) is 9.59 Å². The lowest BCUT2D eigenvalue weighted by molar-refractivity contribution is 0.483. The molecule has 0 aliphatic carbocycles. The van der Waals surface area contributed by atoms with Crippen LogP contribution in [0.2, 0.25) is 0 Å². The van der Waals surface area contributed by atoms with E-state index in [-0.39, 0.29) is 5.75 Å². The van der Waals surface area contributed by atoms with E-state index in [1.54, 1.807) is 6.07 Å². The summed E-state index contributed by atoms with van der Waals surface area (Å²) in [6.07, 6.45) is 0. The first-order valence-electron chi connectivity index (χ1n) is 4.19. The maximum Gasteiger partial charge on any atom is 0.137 e. The zero-order chi connectivity index (χ0) is 9.54. The molecule has 0 aliphatic heterocycles. The second-order valence-electron chi connectivity index (χ2n) is 3.07. The number of benzene rings is 2. The number of rotatable bonds is 0. The predicted molar refractivity (Wildman–Crippen MR) is 56.6 cm³/mol. The van der Waals surface area contributed by atoms with Crippen molar-refractivity contribution in [2.75, 3.05) is 0 Å². The summed E-state index contributed by atoms with van der Waals surface area (Å²) in [5.41, 5.74) is 0.783. The summed E-state index contributed by atoms with van der Waals surface area (Å²) < 4.78 is 4.60. The molecule has 4 heteroatoms. The maximum atomic E-state index is 9.69. The third-order valence-electron chi connectivity index (χ3n) is 2.23. The first-order chi connectivity index (χ1) is 6.86. The molecule has 2 aromatic carbocycles. The van der Waals surface area contributed by atoms with Gasteiger partial charge in [0.15, 0.2) is 0 Å². The van der Waals surface area contributed by atoms with E-state index in [0.29, 0.717) is 0 Å². The Kier molecular flexibility index (Phi) is 1.46. The zero-order valence-corrected chi connectivity index (χ0v) is 7.95. The molecule has 14 heavy (non-hydrogen) atoms. The van der Waals surface area contributed by atoms with Crippen LogP contribution in [0.3, 0.4) is 0 Å². The number of hydrogen-bond acceptors (Lipinski definition) is 4. The highest BCUT2D eigenvalue weighted by molar-refractivity contribution is 7.13. The van der Waals surface area contributed by atoms with E-state index >= 15 is 0 Å². The molecule has 1 heterocycles. The van der Waals surface area contributed by atoms with Crippen molar-refractivity contribution in [1.82, 2.24) is 9.59 Å². The minimum atomic E-state index is 0.258. The van der Waals surface area contributed by atoms with E-state index in [1.165, 1.54) is 11.5 Å². The number of phenolic OH excluding ortho intramolecular Hbond substituents is 1. The van der Waals surface area contributed by atoms with Crippen LogP contribution in [0, 0.1) is 0 Å². The van der Waals surface area contributed by atoms with Gasteiger partial charge in [0.1, 0.15) is 16.0 Å². The summed E-state index contributed by atoms with van der Waals surface area (Å²) >= 11 is 1.22. The van der Waals surface area contributed by atoms with Crippen LogP contribution in [0.25, 0.3) is 21.0 Å². The van der Waals surface area contributed by atoms with Crippen LogP contribution in [-0.4, -0.2) is 14.7 Å². The monoisotopic (exact) mass is 202 g/mol. The normalized spacial score (nSPS) is 11.1. The molecular formula is C10H6N2OS. The number of nitrogens with zero attached hydrogens (tertiary/aromatic N) is 2. The Hall–Kier alpha value is -1.68. The summed E-state index contributed by atoms with van der Waals surface area (Å²) in [4.78, 5) is 0. The van der Waals surface area contributed by atoms with Gasteiger partial charge in [-0.05, 0) is 23.0 Å². The first kappa shape index (κ1) is 7.70. The minimum Gasteiger partial charge on any atom is -0.506 e. The molecule has 3 aromatic rings. The molecular weight excluding hydrogens is 196 g/mol. The highest BCUT2D eigenvalue weighted by atomic mass is 32.1. The largest absolute Gasteiger partial charge is 0.506 e. The van der Waals surface area contributed by atoms with Gasteiger partial charge in [-0.3, -0.25) is 0 Å². The molecule has 3 nitrogen and oxygen atoms in total. The lowest BCUT2D eigenvalue weighted by atomic mass is 10.1. The molecule has 0 atom stereocenters. The Bertz CT molecular complexity index is 618. The molecule has 0 saturated carbocycles. The van der Waals surface area contributed by atoms with Crippen molar-refractivity contribution >= 4 is 32.5 Å². The third-order valence-corrected chi connectivity index (χ3v) is 2.98. The molecule has 0 fully saturated rings. The van der Waals surface area contributed by atoms with Gasteiger partial charge < -0.3 is 5.11 Å². The van der Waals surface area contributed by atoms with E-state index < -0.39 is 0 Å². The van der Waals surface area contributed by atoms with E-state index in [9.17, 15) is 5.11 Å². The van der Waals surface area contributed by atoms with Crippen LogP contribution in [0.1, 0.15) is 0 Å². The fraction of sp³-hybridized carbons (Fsp3) is 0. The lowest BCUT2D eigenvalue weighted by Crippen LogP contribution is -1.76. The molecule has 3 rings (SSSR count). The van der Waals surface area contributed by atoms with Gasteiger partial charge in [-0.15, -0.1) is 5.10 Å². The molecule has 0 amide bonds. The summed E-state index contributed by atoms with van der Waals surface area (Å²) in [6, 6.07) is 9.58. The topological polar surface area (TPSA) is 46.0 Å². The van der Waals surface area contributed by atoms with E-state index in [0.717, 1.165) is 21.0 Å². The smallest absolute Gasteiger partial charge is 0.137 e. The lowest BCUT2D eigenvalue weighted by Gasteiger charge is -1.98. The Labute approximate surface area is 83.8 Å². The second kappa shape index (κ2) is 2.65. The summed E-state index contributed by atoms with van der Waals surface area (Å²) in [7, 11) is 0. The first-order valence-corrected chi connectivity index (χ1v) is 4.96. The maximum absolute atomic E-state index is 9.69. The van der Waals surface area contributed by atoms with Gasteiger partial charge in [0.05, 0.1) is 0 Å². The number of fused-ring (bicyclic) bond motifs is 3. The Morgan fingerprint density at radius 1 is 1.21 bits per heavy atom. The van der Waals surface area contributed by atoms with Crippen LogP contribution >= 0.6 is 11.5 Å². The zero-order valence-electron chi connectivity index (χ0n) is 7.14. The van der Waals surface area contributed by atoms with Crippen molar-refractivity contribution in [3.63, 3.8) is 0 Å². The molecule has 0 bridgehead atoms. The fourth-order valence-electron chi connectivity index (χ4n) is 1.59. The molecule has 0 spiro atoms. The van der Waals surface area contributed by atoms with Gasteiger partial charge in [-0.1, -0.05) is 28.8 Å². The van der Waals surface area contributed by atoms with Crippen molar-refractivity contribution in [3.05, 3.63) is 30.3 Å². The second-order valence-corrected chi connectivity index (χ2v) is 3.82. The van der Waals surface area contributed by atoms with Crippen molar-refractivity contribution in [3.8, 4) is 5.75 Å². The van der Waals surface area contributed by atoms with Crippen molar-refractivity contribution in [2.45, 2.75) is 0 Å². The average molecular weight is 202 g/mol. The highest BCUT2D eigenvalue weighted by Crippen LogP contribution is 2.33. The van der Waals surface area contributed by atoms with Gasteiger partial charge in [0, 0.05) is 5.39 Å².